The number of fused-ring (bicyclic) bond motifs is 1. The van der Waals surface area contributed by atoms with Crippen LogP contribution >= 0.6 is 9.69 Å². The van der Waals surface area contributed by atoms with Crippen molar-refractivity contribution in [3.05, 3.63) is 36.2 Å². The molecule has 0 amide bonds. The number of halogens is 1. The first-order valence-corrected chi connectivity index (χ1v) is 7.68. The van der Waals surface area contributed by atoms with E-state index in [1.54, 1.807) is 0 Å². The molecule has 1 aromatic carbocycles. The standard InChI is InChI=1S/C9H9O.ClH.Zn/c1-2-6-9-8(4-1)5-3-7-10-9;;/h1-2,4-6H,3,7H2;1H;/q-1;;+2/p-1. The van der Waals surface area contributed by atoms with Gasteiger partial charge in [-0.1, -0.05) is 12.1 Å². The average Bonchev–Trinajstić information content (AvgIpc) is 2.21. The van der Waals surface area contributed by atoms with Crippen molar-refractivity contribution in [1.29, 1.82) is 0 Å². The third-order valence-corrected chi connectivity index (χ3v) is 1.66. The van der Waals surface area contributed by atoms with Gasteiger partial charge in [0.2, 0.25) is 0 Å². The molecule has 12 heavy (non-hydrogen) atoms. The minimum Gasteiger partial charge on any atom is -0.551 e. The molecule has 0 saturated carbocycles. The van der Waals surface area contributed by atoms with E-state index in [-0.39, 0.29) is 0 Å². The minimum absolute atomic E-state index is 0.830. The van der Waals surface area contributed by atoms with Gasteiger partial charge in [0.1, 0.15) is 0 Å². The van der Waals surface area contributed by atoms with E-state index in [0.29, 0.717) is 0 Å². The molecule has 0 spiro atoms. The van der Waals surface area contributed by atoms with Gasteiger partial charge in [-0.15, -0.1) is 6.07 Å². The van der Waals surface area contributed by atoms with Crippen molar-refractivity contribution in [3.8, 4) is 5.75 Å². The fourth-order valence-electron chi connectivity index (χ4n) is 1.16. The van der Waals surface area contributed by atoms with Crippen LogP contribution in [0.1, 0.15) is 12.0 Å². The molecule has 0 bridgehead atoms. The Morgan fingerprint density at radius 2 is 2.08 bits per heavy atom. The van der Waals surface area contributed by atoms with Gasteiger partial charge in [-0.2, -0.15) is 18.1 Å². The van der Waals surface area contributed by atoms with Crippen LogP contribution in [0.5, 0.6) is 5.75 Å². The molecule has 60 valence electrons. The summed E-state index contributed by atoms with van der Waals surface area (Å²) in [6, 6.07) is 8.11. The fourth-order valence-corrected chi connectivity index (χ4v) is 1.16. The van der Waals surface area contributed by atoms with E-state index in [9.17, 15) is 0 Å². The summed E-state index contributed by atoms with van der Waals surface area (Å²) in [7, 11) is 4.76. The summed E-state index contributed by atoms with van der Waals surface area (Å²) in [5, 5.41) is 0. The summed E-state index contributed by atoms with van der Waals surface area (Å²) in [6.45, 7) is 0.830. The number of benzene rings is 1. The number of para-hydroxylation sites is 1. The molecule has 0 aromatic heterocycles. The Kier molecular flexibility index (Phi) is 4.49. The van der Waals surface area contributed by atoms with E-state index < -0.39 is 0 Å². The zero-order valence-electron chi connectivity index (χ0n) is 6.79. The van der Waals surface area contributed by atoms with Crippen LogP contribution < -0.4 is 4.74 Å². The molecule has 0 radical (unpaired) electrons. The van der Waals surface area contributed by atoms with Gasteiger partial charge in [-0.05, 0) is 6.42 Å². The monoisotopic (exact) mass is 232 g/mol. The van der Waals surface area contributed by atoms with Crippen LogP contribution in [-0.4, -0.2) is 6.61 Å². The smallest absolute Gasteiger partial charge is 0.0645 e. The van der Waals surface area contributed by atoms with Crippen LogP contribution in [-0.2, 0) is 17.3 Å². The van der Waals surface area contributed by atoms with Crippen LogP contribution in [0.4, 0.5) is 0 Å². The molecule has 0 atom stereocenters. The third kappa shape index (κ3) is 2.40. The normalized spacial score (nSPS) is 12.9. The van der Waals surface area contributed by atoms with Crippen molar-refractivity contribution in [2.45, 2.75) is 6.42 Å². The van der Waals surface area contributed by atoms with Crippen molar-refractivity contribution in [2.24, 2.45) is 0 Å². The summed E-state index contributed by atoms with van der Waals surface area (Å²) in [5.41, 5.74) is 1.23. The Morgan fingerprint density at radius 1 is 1.33 bits per heavy atom. The summed E-state index contributed by atoms with van der Waals surface area (Å²) < 4.78 is 5.39. The van der Waals surface area contributed by atoms with Crippen molar-refractivity contribution in [1.82, 2.24) is 0 Å². The Balaban J connectivity index is 0.000000336. The first-order valence-electron chi connectivity index (χ1n) is 3.78. The Hall–Kier alpha value is -0.197. The van der Waals surface area contributed by atoms with Gasteiger partial charge >= 0.3 is 27.0 Å². The van der Waals surface area contributed by atoms with Crippen LogP contribution in [0.3, 0.4) is 0 Å². The zero-order valence-corrected chi connectivity index (χ0v) is 10.5. The van der Waals surface area contributed by atoms with Crippen molar-refractivity contribution < 1.29 is 22.0 Å². The maximum absolute atomic E-state index is 5.39. The van der Waals surface area contributed by atoms with Crippen molar-refractivity contribution in [2.75, 3.05) is 6.61 Å². The number of rotatable bonds is 0. The molecular weight excluding hydrogens is 225 g/mol. The summed E-state index contributed by atoms with van der Waals surface area (Å²) in [6.07, 6.45) is 3.25. The number of hydrogen-bond acceptors (Lipinski definition) is 1. The second kappa shape index (κ2) is 5.45. The van der Waals surface area contributed by atoms with E-state index in [1.807, 2.05) is 18.2 Å². The first kappa shape index (κ1) is 9.89. The molecule has 1 aliphatic heterocycles. The maximum atomic E-state index is 5.39. The second-order valence-electron chi connectivity index (χ2n) is 2.38. The van der Waals surface area contributed by atoms with Gasteiger partial charge in [-0.25, -0.2) is 0 Å². The van der Waals surface area contributed by atoms with Crippen LogP contribution in [0.25, 0.3) is 0 Å². The van der Waals surface area contributed by atoms with Crippen LogP contribution in [0, 0.1) is 6.42 Å². The maximum Gasteiger partial charge on any atom is 0.0645 e. The molecule has 0 aliphatic carbocycles. The average molecular weight is 234 g/mol. The largest absolute Gasteiger partial charge is 0.551 e. The Labute approximate surface area is 86.8 Å². The van der Waals surface area contributed by atoms with Crippen LogP contribution in [0.2, 0.25) is 0 Å². The fraction of sp³-hybridized carbons (Fsp3) is 0.222. The molecule has 0 N–H and O–H groups in total. The van der Waals surface area contributed by atoms with Crippen molar-refractivity contribution in [3.63, 3.8) is 0 Å². The SMILES string of the molecule is [Cl][Zn+].c1ccc2c(c1)[CH-]CCO2. The minimum atomic E-state index is 0.830. The quantitative estimate of drug-likeness (QED) is 0.495. The van der Waals surface area contributed by atoms with E-state index in [2.05, 4.69) is 12.5 Å². The second-order valence-corrected chi connectivity index (χ2v) is 2.38. The van der Waals surface area contributed by atoms with Gasteiger partial charge in [0.05, 0.1) is 6.61 Å². The molecule has 2 rings (SSSR count). The summed E-state index contributed by atoms with van der Waals surface area (Å²) in [4.78, 5) is 0. The van der Waals surface area contributed by atoms with Gasteiger partial charge in [0, 0.05) is 5.75 Å². The Bertz CT molecular complexity index is 215. The zero-order chi connectivity index (χ0) is 8.81. The molecule has 1 aromatic rings. The molecule has 0 unspecified atom stereocenters. The van der Waals surface area contributed by atoms with E-state index in [1.165, 1.54) is 5.56 Å². The Morgan fingerprint density at radius 3 is 2.83 bits per heavy atom. The predicted molar refractivity (Wildman–Crippen MR) is 45.8 cm³/mol. The third-order valence-electron chi connectivity index (χ3n) is 1.66. The van der Waals surface area contributed by atoms with Gasteiger partial charge in [0.15, 0.2) is 0 Å². The molecule has 1 aliphatic rings. The molecule has 0 saturated heterocycles. The molecule has 0 fully saturated rings. The summed E-state index contributed by atoms with van der Waals surface area (Å²) in [5.74, 6) is 1.02. The molecule has 1 heterocycles. The van der Waals surface area contributed by atoms with Gasteiger partial charge < -0.3 is 4.74 Å². The first-order chi connectivity index (χ1) is 5.97. The summed E-state index contributed by atoms with van der Waals surface area (Å²) >= 11 is 0.847. The van der Waals surface area contributed by atoms with E-state index >= 15 is 0 Å². The van der Waals surface area contributed by atoms with Gasteiger partial charge in [0.25, 0.3) is 0 Å². The van der Waals surface area contributed by atoms with Gasteiger partial charge in [-0.3, -0.25) is 0 Å². The molecule has 1 nitrogen and oxygen atoms in total. The number of hydrogen-bond donors (Lipinski definition) is 0. The number of ether oxygens (including phenoxy) is 1. The van der Waals surface area contributed by atoms with Crippen LogP contribution in [0.15, 0.2) is 24.3 Å². The van der Waals surface area contributed by atoms with Crippen molar-refractivity contribution >= 4 is 9.69 Å². The molecule has 3 heteroatoms. The van der Waals surface area contributed by atoms with E-state index in [0.717, 1.165) is 36.1 Å². The predicted octanol–water partition coefficient (Wildman–Crippen LogP) is 2.71. The topological polar surface area (TPSA) is 9.23 Å². The molecular formula is C9H9ClOZn. The van der Waals surface area contributed by atoms with E-state index in [4.69, 9.17) is 14.4 Å².